The summed E-state index contributed by atoms with van der Waals surface area (Å²) >= 11 is 0. The number of allylic oxidation sites excluding steroid dienone is 3. The molecule has 2 nitrogen and oxygen atoms in total. The fourth-order valence-electron chi connectivity index (χ4n) is 2.45. The average molecular weight is 236 g/mol. The highest BCUT2D eigenvalue weighted by Gasteiger charge is 2.35. The van der Waals surface area contributed by atoms with Gasteiger partial charge in [0.1, 0.15) is 6.29 Å². The van der Waals surface area contributed by atoms with E-state index in [-0.39, 0.29) is 5.41 Å². The first kappa shape index (κ1) is 14.0. The molecule has 2 heteroatoms. The van der Waals surface area contributed by atoms with E-state index in [2.05, 4.69) is 33.4 Å². The molecule has 0 heterocycles. The molecule has 0 aromatic carbocycles. The molecule has 0 aromatic heterocycles. The van der Waals surface area contributed by atoms with Crippen molar-refractivity contribution in [1.29, 1.82) is 0 Å². The summed E-state index contributed by atoms with van der Waals surface area (Å²) in [6.07, 6.45) is 7.45. The standard InChI is InChI=1S/C15H24O2/c1-5-6-15(11-16)8-13(4)7-14(9-15)17-10-12(2)3/h5,7,11-13H,1,6,8-10H2,2-4H3. The first-order valence-corrected chi connectivity index (χ1v) is 6.42. The van der Waals surface area contributed by atoms with Crippen molar-refractivity contribution in [3.8, 4) is 0 Å². The number of hydrogen-bond acceptors (Lipinski definition) is 2. The predicted molar refractivity (Wildman–Crippen MR) is 70.6 cm³/mol. The van der Waals surface area contributed by atoms with Crippen molar-refractivity contribution in [1.82, 2.24) is 0 Å². The van der Waals surface area contributed by atoms with Crippen molar-refractivity contribution >= 4 is 6.29 Å². The van der Waals surface area contributed by atoms with Crippen molar-refractivity contribution in [2.75, 3.05) is 6.61 Å². The van der Waals surface area contributed by atoms with Crippen LogP contribution in [0.4, 0.5) is 0 Å². The Hall–Kier alpha value is -1.05. The van der Waals surface area contributed by atoms with Gasteiger partial charge in [-0.2, -0.15) is 0 Å². The summed E-state index contributed by atoms with van der Waals surface area (Å²) in [5.74, 6) is 1.89. The van der Waals surface area contributed by atoms with Gasteiger partial charge in [-0.05, 0) is 30.8 Å². The smallest absolute Gasteiger partial charge is 0.126 e. The van der Waals surface area contributed by atoms with Crippen molar-refractivity contribution in [3.05, 3.63) is 24.5 Å². The van der Waals surface area contributed by atoms with Gasteiger partial charge in [-0.3, -0.25) is 0 Å². The van der Waals surface area contributed by atoms with E-state index < -0.39 is 0 Å². The SMILES string of the molecule is C=CCC1(C=O)CC(OCC(C)C)=CC(C)C1. The molecule has 0 amide bonds. The average Bonchev–Trinajstić information content (AvgIpc) is 2.26. The minimum absolute atomic E-state index is 0.289. The van der Waals surface area contributed by atoms with E-state index in [0.29, 0.717) is 11.8 Å². The molecule has 1 rings (SSSR count). The Balaban J connectivity index is 2.73. The van der Waals surface area contributed by atoms with Gasteiger partial charge in [0.25, 0.3) is 0 Å². The normalized spacial score (nSPS) is 28.7. The predicted octanol–water partition coefficient (Wildman–Crippen LogP) is 3.73. The molecule has 0 N–H and O–H groups in total. The molecule has 1 aliphatic carbocycles. The molecule has 0 fully saturated rings. The summed E-state index contributed by atoms with van der Waals surface area (Å²) in [6.45, 7) is 10.9. The van der Waals surface area contributed by atoms with Crippen LogP contribution >= 0.6 is 0 Å². The third-order valence-corrected chi connectivity index (χ3v) is 3.13. The zero-order valence-corrected chi connectivity index (χ0v) is 11.2. The third-order valence-electron chi connectivity index (χ3n) is 3.13. The highest BCUT2D eigenvalue weighted by Crippen LogP contribution is 2.40. The van der Waals surface area contributed by atoms with Crippen molar-refractivity contribution in [3.63, 3.8) is 0 Å². The highest BCUT2D eigenvalue weighted by molar-refractivity contribution is 5.61. The van der Waals surface area contributed by atoms with Gasteiger partial charge in [0.15, 0.2) is 0 Å². The van der Waals surface area contributed by atoms with Gasteiger partial charge in [0.2, 0.25) is 0 Å². The number of aldehydes is 1. The lowest BCUT2D eigenvalue weighted by atomic mass is 9.71. The largest absolute Gasteiger partial charge is 0.498 e. The van der Waals surface area contributed by atoms with Crippen LogP contribution in [0.1, 0.15) is 40.0 Å². The molecule has 0 aliphatic heterocycles. The maximum atomic E-state index is 11.4. The van der Waals surface area contributed by atoms with E-state index in [0.717, 1.165) is 37.9 Å². The van der Waals surface area contributed by atoms with Crippen molar-refractivity contribution in [2.24, 2.45) is 17.3 Å². The Kier molecular flexibility index (Phi) is 4.98. The first-order chi connectivity index (χ1) is 8.01. The van der Waals surface area contributed by atoms with Gasteiger partial charge in [0.05, 0.1) is 12.4 Å². The lowest BCUT2D eigenvalue weighted by Gasteiger charge is -2.34. The molecule has 0 bridgehead atoms. The molecule has 0 saturated carbocycles. The van der Waals surface area contributed by atoms with Crippen LogP contribution in [-0.2, 0) is 9.53 Å². The van der Waals surface area contributed by atoms with Crippen LogP contribution in [-0.4, -0.2) is 12.9 Å². The van der Waals surface area contributed by atoms with E-state index >= 15 is 0 Å². The van der Waals surface area contributed by atoms with Crippen LogP contribution in [0.3, 0.4) is 0 Å². The van der Waals surface area contributed by atoms with Gasteiger partial charge in [0, 0.05) is 11.8 Å². The van der Waals surface area contributed by atoms with Gasteiger partial charge in [-0.15, -0.1) is 6.58 Å². The second-order valence-electron chi connectivity index (χ2n) is 5.67. The Bertz CT molecular complexity index is 304. The second-order valence-corrected chi connectivity index (χ2v) is 5.67. The Morgan fingerprint density at radius 1 is 1.65 bits per heavy atom. The maximum Gasteiger partial charge on any atom is 0.126 e. The molecule has 17 heavy (non-hydrogen) atoms. The molecule has 1 aliphatic rings. The zero-order valence-electron chi connectivity index (χ0n) is 11.2. The number of ether oxygens (including phenoxy) is 1. The molecule has 0 saturated heterocycles. The summed E-state index contributed by atoms with van der Waals surface area (Å²) in [7, 11) is 0. The fraction of sp³-hybridized carbons (Fsp3) is 0.667. The first-order valence-electron chi connectivity index (χ1n) is 6.42. The lowest BCUT2D eigenvalue weighted by Crippen LogP contribution is -2.29. The van der Waals surface area contributed by atoms with Gasteiger partial charge in [-0.25, -0.2) is 0 Å². The quantitative estimate of drug-likeness (QED) is 0.519. The summed E-state index contributed by atoms with van der Waals surface area (Å²) in [5.41, 5.74) is -0.289. The van der Waals surface area contributed by atoms with Crippen LogP contribution in [0.15, 0.2) is 24.5 Å². The summed E-state index contributed by atoms with van der Waals surface area (Å²) in [5, 5.41) is 0. The molecule has 2 atom stereocenters. The number of carbonyl (C=O) groups is 1. The number of hydrogen-bond donors (Lipinski definition) is 0. The molecule has 2 unspecified atom stereocenters. The zero-order chi connectivity index (χ0) is 12.9. The third kappa shape index (κ3) is 4.03. The molecule has 0 radical (unpaired) electrons. The van der Waals surface area contributed by atoms with E-state index in [4.69, 9.17) is 4.74 Å². The van der Waals surface area contributed by atoms with Crippen LogP contribution in [0, 0.1) is 17.3 Å². The Morgan fingerprint density at radius 3 is 2.88 bits per heavy atom. The van der Waals surface area contributed by atoms with Crippen molar-refractivity contribution in [2.45, 2.75) is 40.0 Å². The second kappa shape index (κ2) is 6.04. The molecular formula is C15H24O2. The van der Waals surface area contributed by atoms with Crippen LogP contribution in [0.25, 0.3) is 0 Å². The fourth-order valence-corrected chi connectivity index (χ4v) is 2.45. The summed E-state index contributed by atoms with van der Waals surface area (Å²) in [6, 6.07) is 0. The minimum Gasteiger partial charge on any atom is -0.498 e. The van der Waals surface area contributed by atoms with Crippen LogP contribution in [0.2, 0.25) is 0 Å². The van der Waals surface area contributed by atoms with Crippen LogP contribution < -0.4 is 0 Å². The molecule has 0 spiro atoms. The molecular weight excluding hydrogens is 212 g/mol. The topological polar surface area (TPSA) is 26.3 Å². The van der Waals surface area contributed by atoms with Gasteiger partial charge >= 0.3 is 0 Å². The lowest BCUT2D eigenvalue weighted by molar-refractivity contribution is -0.117. The summed E-state index contributed by atoms with van der Waals surface area (Å²) < 4.78 is 5.79. The Morgan fingerprint density at radius 2 is 2.35 bits per heavy atom. The monoisotopic (exact) mass is 236 g/mol. The number of carbonyl (C=O) groups excluding carboxylic acids is 1. The van der Waals surface area contributed by atoms with Gasteiger partial charge in [-0.1, -0.05) is 26.8 Å². The number of rotatable bonds is 6. The van der Waals surface area contributed by atoms with Gasteiger partial charge < -0.3 is 9.53 Å². The summed E-state index contributed by atoms with van der Waals surface area (Å²) in [4.78, 5) is 11.4. The van der Waals surface area contributed by atoms with Crippen molar-refractivity contribution < 1.29 is 9.53 Å². The minimum atomic E-state index is -0.289. The Labute approximate surface area is 105 Å². The van der Waals surface area contributed by atoms with E-state index in [9.17, 15) is 4.79 Å². The highest BCUT2D eigenvalue weighted by atomic mass is 16.5. The van der Waals surface area contributed by atoms with E-state index in [1.807, 2.05) is 6.08 Å². The van der Waals surface area contributed by atoms with Crippen LogP contribution in [0.5, 0.6) is 0 Å². The maximum absolute atomic E-state index is 11.4. The molecule has 0 aromatic rings. The van der Waals surface area contributed by atoms with E-state index in [1.165, 1.54) is 0 Å². The molecule has 96 valence electrons. The van der Waals surface area contributed by atoms with E-state index in [1.54, 1.807) is 0 Å².